The second-order valence-corrected chi connectivity index (χ2v) is 6.65. The molecule has 1 aliphatic heterocycles. The molecule has 1 atom stereocenters. The fourth-order valence-corrected chi connectivity index (χ4v) is 3.03. The second-order valence-electron chi connectivity index (χ2n) is 5.40. The zero-order valence-corrected chi connectivity index (χ0v) is 14.2. The van der Waals surface area contributed by atoms with Gasteiger partial charge < -0.3 is 10.2 Å². The number of halogens is 1. The Labute approximate surface area is 135 Å². The van der Waals surface area contributed by atoms with E-state index in [1.54, 1.807) is 0 Å². The Hall–Kier alpha value is -0.620. The number of hydrogen-bond donors (Lipinski definition) is 1. The van der Waals surface area contributed by atoms with E-state index in [1.165, 1.54) is 19.3 Å². The molecule has 1 N–H and O–H groups in total. The van der Waals surface area contributed by atoms with Crippen LogP contribution in [0.1, 0.15) is 43.0 Å². The molecule has 1 fully saturated rings. The molecule has 0 bridgehead atoms. The van der Waals surface area contributed by atoms with Crippen LogP contribution < -0.4 is 5.32 Å². The standard InChI is InChI=1S/C16H23IN2O/c1-2-11-19(12-15-5-3-4-10-18-15)16(20)13-6-8-14(17)9-7-13/h6-9,15,18H,2-5,10-12H2,1H3. The van der Waals surface area contributed by atoms with Crippen LogP contribution in [0.2, 0.25) is 0 Å². The molecule has 0 aromatic heterocycles. The fraction of sp³-hybridized carbons (Fsp3) is 0.562. The van der Waals surface area contributed by atoms with Gasteiger partial charge in [0.15, 0.2) is 0 Å². The van der Waals surface area contributed by atoms with Crippen LogP contribution in [-0.4, -0.2) is 36.5 Å². The van der Waals surface area contributed by atoms with Gasteiger partial charge in [-0.05, 0) is 72.7 Å². The van der Waals surface area contributed by atoms with Gasteiger partial charge in [-0.1, -0.05) is 13.3 Å². The first-order valence-corrected chi connectivity index (χ1v) is 8.57. The van der Waals surface area contributed by atoms with Crippen molar-refractivity contribution in [1.29, 1.82) is 0 Å². The molecule has 0 spiro atoms. The maximum Gasteiger partial charge on any atom is 0.253 e. The molecule has 0 radical (unpaired) electrons. The number of benzene rings is 1. The van der Waals surface area contributed by atoms with Crippen LogP contribution in [0.5, 0.6) is 0 Å². The number of nitrogens with one attached hydrogen (secondary N) is 1. The maximum atomic E-state index is 12.6. The van der Waals surface area contributed by atoms with Gasteiger partial charge in [0.1, 0.15) is 0 Å². The Morgan fingerprint density at radius 3 is 2.70 bits per heavy atom. The van der Waals surface area contributed by atoms with Gasteiger partial charge in [-0.3, -0.25) is 4.79 Å². The first-order valence-electron chi connectivity index (χ1n) is 7.49. The van der Waals surface area contributed by atoms with Crippen molar-refractivity contribution in [2.75, 3.05) is 19.6 Å². The second kappa shape index (κ2) is 7.98. The van der Waals surface area contributed by atoms with Crippen molar-refractivity contribution in [3.8, 4) is 0 Å². The molecule has 110 valence electrons. The SMILES string of the molecule is CCCN(CC1CCCCN1)C(=O)c1ccc(I)cc1. The number of piperidine rings is 1. The number of carbonyl (C=O) groups excluding carboxylic acids is 1. The Kier molecular flexibility index (Phi) is 6.29. The molecule has 1 unspecified atom stereocenters. The van der Waals surface area contributed by atoms with Crippen molar-refractivity contribution in [2.24, 2.45) is 0 Å². The smallest absolute Gasteiger partial charge is 0.253 e. The van der Waals surface area contributed by atoms with Crippen molar-refractivity contribution in [3.05, 3.63) is 33.4 Å². The average Bonchev–Trinajstić information content (AvgIpc) is 2.48. The molecule has 2 rings (SSSR count). The van der Waals surface area contributed by atoms with Crippen molar-refractivity contribution >= 4 is 28.5 Å². The van der Waals surface area contributed by atoms with E-state index in [4.69, 9.17) is 0 Å². The molecule has 4 heteroatoms. The lowest BCUT2D eigenvalue weighted by atomic mass is 10.0. The van der Waals surface area contributed by atoms with E-state index in [0.29, 0.717) is 6.04 Å². The molecule has 1 aromatic carbocycles. The van der Waals surface area contributed by atoms with Crippen molar-refractivity contribution in [3.63, 3.8) is 0 Å². The summed E-state index contributed by atoms with van der Waals surface area (Å²) in [4.78, 5) is 14.6. The summed E-state index contributed by atoms with van der Waals surface area (Å²) in [5, 5.41) is 3.53. The van der Waals surface area contributed by atoms with Crippen molar-refractivity contribution in [1.82, 2.24) is 10.2 Å². The Bertz CT molecular complexity index is 427. The topological polar surface area (TPSA) is 32.3 Å². The highest BCUT2D eigenvalue weighted by Gasteiger charge is 2.20. The largest absolute Gasteiger partial charge is 0.337 e. The van der Waals surface area contributed by atoms with Crippen LogP contribution >= 0.6 is 22.6 Å². The van der Waals surface area contributed by atoms with E-state index in [-0.39, 0.29) is 5.91 Å². The molecule has 1 aromatic rings. The highest BCUT2D eigenvalue weighted by Crippen LogP contribution is 2.13. The third-order valence-electron chi connectivity index (χ3n) is 3.73. The fourth-order valence-electron chi connectivity index (χ4n) is 2.67. The predicted molar refractivity (Wildman–Crippen MR) is 91.0 cm³/mol. The Balaban J connectivity index is 2.02. The van der Waals surface area contributed by atoms with E-state index in [9.17, 15) is 4.79 Å². The van der Waals surface area contributed by atoms with Crippen molar-refractivity contribution < 1.29 is 4.79 Å². The summed E-state index contributed by atoms with van der Waals surface area (Å²) in [7, 11) is 0. The quantitative estimate of drug-likeness (QED) is 0.788. The summed E-state index contributed by atoms with van der Waals surface area (Å²) in [6, 6.07) is 8.32. The number of nitrogens with zero attached hydrogens (tertiary/aromatic N) is 1. The lowest BCUT2D eigenvalue weighted by Crippen LogP contribution is -2.46. The van der Waals surface area contributed by atoms with Crippen LogP contribution in [0.4, 0.5) is 0 Å². The summed E-state index contributed by atoms with van der Waals surface area (Å²) < 4.78 is 1.16. The van der Waals surface area contributed by atoms with Crippen LogP contribution in [-0.2, 0) is 0 Å². The number of amides is 1. The normalized spacial score (nSPS) is 18.8. The van der Waals surface area contributed by atoms with Gasteiger partial charge in [-0.15, -0.1) is 0 Å². The van der Waals surface area contributed by atoms with E-state index < -0.39 is 0 Å². The van der Waals surface area contributed by atoms with E-state index in [1.807, 2.05) is 29.2 Å². The minimum atomic E-state index is 0.163. The van der Waals surface area contributed by atoms with Gasteiger partial charge in [0.25, 0.3) is 5.91 Å². The summed E-state index contributed by atoms with van der Waals surface area (Å²) in [5.74, 6) is 0.163. The average molecular weight is 386 g/mol. The highest BCUT2D eigenvalue weighted by atomic mass is 127. The van der Waals surface area contributed by atoms with Gasteiger partial charge in [0.05, 0.1) is 0 Å². The molecule has 0 aliphatic carbocycles. The number of hydrogen-bond acceptors (Lipinski definition) is 2. The lowest BCUT2D eigenvalue weighted by molar-refractivity contribution is 0.0731. The number of rotatable bonds is 5. The summed E-state index contributed by atoms with van der Waals surface area (Å²) in [6.07, 6.45) is 4.72. The van der Waals surface area contributed by atoms with Gasteiger partial charge in [-0.25, -0.2) is 0 Å². The van der Waals surface area contributed by atoms with Gasteiger partial charge >= 0.3 is 0 Å². The molecule has 1 saturated heterocycles. The summed E-state index contributed by atoms with van der Waals surface area (Å²) >= 11 is 2.26. The highest BCUT2D eigenvalue weighted by molar-refractivity contribution is 14.1. The molecule has 0 saturated carbocycles. The van der Waals surface area contributed by atoms with E-state index >= 15 is 0 Å². The molecular formula is C16H23IN2O. The van der Waals surface area contributed by atoms with Gasteiger partial charge in [0, 0.05) is 28.3 Å². The molecule has 1 heterocycles. The Morgan fingerprint density at radius 2 is 2.10 bits per heavy atom. The third-order valence-corrected chi connectivity index (χ3v) is 4.44. The molecule has 3 nitrogen and oxygen atoms in total. The zero-order chi connectivity index (χ0) is 14.4. The van der Waals surface area contributed by atoms with Crippen LogP contribution in [0, 0.1) is 3.57 Å². The minimum Gasteiger partial charge on any atom is -0.337 e. The Morgan fingerprint density at radius 1 is 1.35 bits per heavy atom. The summed E-state index contributed by atoms with van der Waals surface area (Å²) in [5.41, 5.74) is 0.801. The van der Waals surface area contributed by atoms with Gasteiger partial charge in [-0.2, -0.15) is 0 Å². The molecule has 1 aliphatic rings. The molecular weight excluding hydrogens is 363 g/mol. The first kappa shape index (κ1) is 15.8. The number of carbonyl (C=O) groups is 1. The zero-order valence-electron chi connectivity index (χ0n) is 12.1. The van der Waals surface area contributed by atoms with Gasteiger partial charge in [0.2, 0.25) is 0 Å². The molecule has 1 amide bonds. The van der Waals surface area contributed by atoms with Crippen LogP contribution in [0.25, 0.3) is 0 Å². The monoisotopic (exact) mass is 386 g/mol. The summed E-state index contributed by atoms with van der Waals surface area (Å²) in [6.45, 7) is 4.88. The van der Waals surface area contributed by atoms with E-state index in [2.05, 4.69) is 34.8 Å². The minimum absolute atomic E-state index is 0.163. The third kappa shape index (κ3) is 4.45. The van der Waals surface area contributed by atoms with Crippen LogP contribution in [0.3, 0.4) is 0 Å². The maximum absolute atomic E-state index is 12.6. The lowest BCUT2D eigenvalue weighted by Gasteiger charge is -2.30. The van der Waals surface area contributed by atoms with E-state index in [0.717, 1.165) is 35.2 Å². The predicted octanol–water partition coefficient (Wildman–Crippen LogP) is 3.29. The van der Waals surface area contributed by atoms with Crippen molar-refractivity contribution in [2.45, 2.75) is 38.6 Å². The van der Waals surface area contributed by atoms with Crippen LogP contribution in [0.15, 0.2) is 24.3 Å². The molecule has 20 heavy (non-hydrogen) atoms. The first-order chi connectivity index (χ1) is 9.70.